The van der Waals surface area contributed by atoms with Gasteiger partial charge in [0.05, 0.1) is 6.10 Å². The summed E-state index contributed by atoms with van der Waals surface area (Å²) in [6, 6.07) is 0. The van der Waals surface area contributed by atoms with Crippen LogP contribution in [0.5, 0.6) is 0 Å². The molecular weight excluding hydrogens is 215 g/mol. The first-order valence-corrected chi connectivity index (χ1v) is 5.13. The highest BCUT2D eigenvalue weighted by molar-refractivity contribution is 6.52. The third kappa shape index (κ3) is 3.71. The minimum atomic E-state index is -1.13. The van der Waals surface area contributed by atoms with Crippen LogP contribution in [0.4, 0.5) is 0 Å². The second kappa shape index (κ2) is 5.03. The standard InChI is InChI=1S/C8H12Cl2O3/c9-7(10)8(12)13-6-3-1-2-5(11)4-6/h5-7,11H,1-4H2/t5-,6+/m0/s1. The molecule has 1 fully saturated rings. The Balaban J connectivity index is 2.31. The molecule has 1 rings (SSSR count). The zero-order chi connectivity index (χ0) is 9.84. The summed E-state index contributed by atoms with van der Waals surface area (Å²) in [5.41, 5.74) is 0. The van der Waals surface area contributed by atoms with Gasteiger partial charge in [-0.25, -0.2) is 4.79 Å². The Kier molecular flexibility index (Phi) is 4.29. The number of aliphatic hydroxyl groups is 1. The SMILES string of the molecule is O=C(O[C@@H]1CCC[C@H](O)C1)C(Cl)Cl. The van der Waals surface area contributed by atoms with Crippen LogP contribution in [0.2, 0.25) is 0 Å². The number of esters is 1. The van der Waals surface area contributed by atoms with Crippen LogP contribution in [-0.2, 0) is 9.53 Å². The second-order valence-corrected chi connectivity index (χ2v) is 4.28. The lowest BCUT2D eigenvalue weighted by molar-refractivity contribution is -0.149. The van der Waals surface area contributed by atoms with Crippen LogP contribution < -0.4 is 0 Å². The normalized spacial score (nSPS) is 28.9. The molecular formula is C8H12Cl2O3. The summed E-state index contributed by atoms with van der Waals surface area (Å²) in [5.74, 6) is -0.623. The van der Waals surface area contributed by atoms with Crippen LogP contribution in [0.15, 0.2) is 0 Å². The molecule has 3 nitrogen and oxygen atoms in total. The average molecular weight is 227 g/mol. The van der Waals surface area contributed by atoms with Crippen LogP contribution in [-0.4, -0.2) is 28.1 Å². The van der Waals surface area contributed by atoms with E-state index in [1.54, 1.807) is 0 Å². The summed E-state index contributed by atoms with van der Waals surface area (Å²) in [6.45, 7) is 0. The van der Waals surface area contributed by atoms with Gasteiger partial charge in [0.25, 0.3) is 0 Å². The first-order chi connectivity index (χ1) is 6.09. The van der Waals surface area contributed by atoms with Gasteiger partial charge in [0.1, 0.15) is 6.10 Å². The predicted molar refractivity (Wildman–Crippen MR) is 49.8 cm³/mol. The van der Waals surface area contributed by atoms with Crippen LogP contribution in [0, 0.1) is 0 Å². The molecule has 13 heavy (non-hydrogen) atoms. The molecule has 0 aromatic rings. The van der Waals surface area contributed by atoms with Gasteiger partial charge in [-0.1, -0.05) is 23.2 Å². The lowest BCUT2D eigenvalue weighted by atomic mass is 9.95. The van der Waals surface area contributed by atoms with Gasteiger partial charge in [-0.05, 0) is 19.3 Å². The Morgan fingerprint density at radius 1 is 1.46 bits per heavy atom. The van der Waals surface area contributed by atoms with E-state index in [1.807, 2.05) is 0 Å². The van der Waals surface area contributed by atoms with Crippen molar-refractivity contribution >= 4 is 29.2 Å². The van der Waals surface area contributed by atoms with Gasteiger partial charge < -0.3 is 9.84 Å². The summed E-state index contributed by atoms with van der Waals surface area (Å²) in [5, 5.41) is 9.27. The fourth-order valence-corrected chi connectivity index (χ4v) is 1.55. The van der Waals surface area contributed by atoms with Crippen LogP contribution in [0.25, 0.3) is 0 Å². The highest BCUT2D eigenvalue weighted by atomic mass is 35.5. The largest absolute Gasteiger partial charge is 0.460 e. The zero-order valence-electron chi connectivity index (χ0n) is 7.08. The van der Waals surface area contributed by atoms with Crippen molar-refractivity contribution in [1.29, 1.82) is 0 Å². The third-order valence-corrected chi connectivity index (χ3v) is 2.42. The zero-order valence-corrected chi connectivity index (χ0v) is 8.59. The molecule has 1 saturated carbocycles. The maximum Gasteiger partial charge on any atom is 0.339 e. The van der Waals surface area contributed by atoms with E-state index in [9.17, 15) is 9.90 Å². The van der Waals surface area contributed by atoms with Crippen molar-refractivity contribution in [2.24, 2.45) is 0 Å². The molecule has 0 unspecified atom stereocenters. The number of carbonyl (C=O) groups is 1. The molecule has 76 valence electrons. The number of alkyl halides is 2. The van der Waals surface area contributed by atoms with Crippen LogP contribution >= 0.6 is 23.2 Å². The molecule has 0 aromatic carbocycles. The maximum absolute atomic E-state index is 10.9. The van der Waals surface area contributed by atoms with Crippen molar-refractivity contribution in [3.05, 3.63) is 0 Å². The lowest BCUT2D eigenvalue weighted by Crippen LogP contribution is -2.29. The summed E-state index contributed by atoms with van der Waals surface area (Å²) in [4.78, 5) is 9.82. The average Bonchev–Trinajstić information content (AvgIpc) is 2.04. The van der Waals surface area contributed by atoms with Crippen LogP contribution in [0.3, 0.4) is 0 Å². The molecule has 2 atom stereocenters. The summed E-state index contributed by atoms with van der Waals surface area (Å²) in [7, 11) is 0. The van der Waals surface area contributed by atoms with Gasteiger partial charge in [-0.3, -0.25) is 0 Å². The molecule has 0 radical (unpaired) electrons. The second-order valence-electron chi connectivity index (χ2n) is 3.18. The Hall–Kier alpha value is 0.01000. The molecule has 1 N–H and O–H groups in total. The fourth-order valence-electron chi connectivity index (χ4n) is 1.44. The summed E-state index contributed by atoms with van der Waals surface area (Å²) < 4.78 is 4.96. The highest BCUT2D eigenvalue weighted by Crippen LogP contribution is 2.22. The van der Waals surface area contributed by atoms with Crippen molar-refractivity contribution in [3.63, 3.8) is 0 Å². The number of carbonyl (C=O) groups excluding carboxylic acids is 1. The Morgan fingerprint density at radius 2 is 2.15 bits per heavy atom. The third-order valence-electron chi connectivity index (χ3n) is 2.06. The molecule has 0 aliphatic heterocycles. The Bertz CT molecular complexity index is 184. The van der Waals surface area contributed by atoms with Gasteiger partial charge in [0, 0.05) is 6.42 Å². The lowest BCUT2D eigenvalue weighted by Gasteiger charge is -2.25. The quantitative estimate of drug-likeness (QED) is 0.576. The summed E-state index contributed by atoms with van der Waals surface area (Å²) in [6.07, 6.45) is 2.33. The predicted octanol–water partition coefficient (Wildman–Crippen LogP) is 1.64. The smallest absolute Gasteiger partial charge is 0.339 e. The van der Waals surface area contributed by atoms with Crippen molar-refractivity contribution < 1.29 is 14.6 Å². The van der Waals surface area contributed by atoms with Gasteiger partial charge in [0.2, 0.25) is 4.84 Å². The van der Waals surface area contributed by atoms with Crippen molar-refractivity contribution in [2.75, 3.05) is 0 Å². The number of halogens is 2. The van der Waals surface area contributed by atoms with E-state index >= 15 is 0 Å². The topological polar surface area (TPSA) is 46.5 Å². The van der Waals surface area contributed by atoms with Crippen LogP contribution in [0.1, 0.15) is 25.7 Å². The Labute approximate surface area is 87.0 Å². The number of aliphatic hydroxyl groups excluding tert-OH is 1. The van der Waals surface area contributed by atoms with Gasteiger partial charge in [0.15, 0.2) is 0 Å². The minimum absolute atomic E-state index is 0.226. The van der Waals surface area contributed by atoms with Gasteiger partial charge >= 0.3 is 5.97 Å². The van der Waals surface area contributed by atoms with E-state index in [-0.39, 0.29) is 12.2 Å². The maximum atomic E-state index is 10.9. The fraction of sp³-hybridized carbons (Fsp3) is 0.875. The Morgan fingerprint density at radius 3 is 2.69 bits per heavy atom. The first-order valence-electron chi connectivity index (χ1n) is 4.26. The number of ether oxygens (including phenoxy) is 1. The molecule has 1 aliphatic rings. The highest BCUT2D eigenvalue weighted by Gasteiger charge is 2.25. The monoisotopic (exact) mass is 226 g/mol. The van der Waals surface area contributed by atoms with Crippen molar-refractivity contribution in [1.82, 2.24) is 0 Å². The molecule has 0 spiro atoms. The number of hydrogen-bond acceptors (Lipinski definition) is 3. The first kappa shape index (κ1) is 11.1. The van der Waals surface area contributed by atoms with E-state index in [4.69, 9.17) is 27.9 Å². The molecule has 0 saturated heterocycles. The molecule has 1 aliphatic carbocycles. The van der Waals surface area contributed by atoms with Crippen molar-refractivity contribution in [3.8, 4) is 0 Å². The molecule has 0 amide bonds. The molecule has 0 bridgehead atoms. The van der Waals surface area contributed by atoms with Gasteiger partial charge in [-0.15, -0.1) is 0 Å². The number of hydrogen-bond donors (Lipinski definition) is 1. The molecule has 0 aromatic heterocycles. The molecule has 5 heteroatoms. The van der Waals surface area contributed by atoms with E-state index in [2.05, 4.69) is 0 Å². The van der Waals surface area contributed by atoms with E-state index < -0.39 is 10.8 Å². The van der Waals surface area contributed by atoms with Gasteiger partial charge in [-0.2, -0.15) is 0 Å². The van der Waals surface area contributed by atoms with Crippen molar-refractivity contribution in [2.45, 2.75) is 42.7 Å². The summed E-state index contributed by atoms with van der Waals surface area (Å²) >= 11 is 10.6. The van der Waals surface area contributed by atoms with E-state index in [0.29, 0.717) is 6.42 Å². The molecule has 0 heterocycles. The minimum Gasteiger partial charge on any atom is -0.460 e. The van der Waals surface area contributed by atoms with E-state index in [0.717, 1.165) is 19.3 Å². The number of rotatable bonds is 2. The van der Waals surface area contributed by atoms with E-state index in [1.165, 1.54) is 0 Å².